The molecule has 1 fully saturated rings. The molecular formula is C10H17N3O3S. The first kappa shape index (κ1) is 12.5. The second kappa shape index (κ2) is 4.75. The molecule has 2 rings (SSSR count). The Hall–Kier alpha value is -0.920. The van der Waals surface area contributed by atoms with Gasteiger partial charge in [-0.05, 0) is 24.8 Å². The van der Waals surface area contributed by atoms with Crippen molar-refractivity contribution >= 4 is 10.0 Å². The maximum Gasteiger partial charge on any atom is 0.257 e. The van der Waals surface area contributed by atoms with Gasteiger partial charge in [0.1, 0.15) is 0 Å². The van der Waals surface area contributed by atoms with Gasteiger partial charge in [0.2, 0.25) is 0 Å². The van der Waals surface area contributed by atoms with Gasteiger partial charge in [0.25, 0.3) is 10.0 Å². The van der Waals surface area contributed by atoms with Crippen molar-refractivity contribution in [2.75, 3.05) is 6.54 Å². The molecule has 0 radical (unpaired) electrons. The van der Waals surface area contributed by atoms with Gasteiger partial charge in [-0.3, -0.25) is 4.68 Å². The van der Waals surface area contributed by atoms with Crippen LogP contribution in [0.4, 0.5) is 0 Å². The summed E-state index contributed by atoms with van der Waals surface area (Å²) >= 11 is 0. The highest BCUT2D eigenvalue weighted by Crippen LogP contribution is 2.25. The van der Waals surface area contributed by atoms with Crippen LogP contribution in [0.5, 0.6) is 0 Å². The average Bonchev–Trinajstić information content (AvgIpc) is 2.85. The molecule has 2 unspecified atom stereocenters. The summed E-state index contributed by atoms with van der Waals surface area (Å²) < 4.78 is 27.7. The molecule has 7 heteroatoms. The van der Waals surface area contributed by atoms with Crippen LogP contribution in [0.25, 0.3) is 0 Å². The molecule has 0 spiro atoms. The van der Waals surface area contributed by atoms with Crippen molar-refractivity contribution in [2.45, 2.75) is 30.4 Å². The Morgan fingerprint density at radius 2 is 2.35 bits per heavy atom. The van der Waals surface area contributed by atoms with Crippen LogP contribution in [0.2, 0.25) is 0 Å². The topological polar surface area (TPSA) is 84.2 Å². The standard InChI is InChI=1S/C10H17N3O3S/c1-13-10(5-6-11-13)17(15,16)12-7-8-3-2-4-9(8)14/h5-6,8-9,12,14H,2-4,7H2,1H3. The molecule has 1 aliphatic rings. The number of aliphatic hydroxyl groups is 1. The van der Waals surface area contributed by atoms with Crippen LogP contribution in [0.1, 0.15) is 19.3 Å². The lowest BCUT2D eigenvalue weighted by Crippen LogP contribution is -2.33. The van der Waals surface area contributed by atoms with Gasteiger partial charge >= 0.3 is 0 Å². The lowest BCUT2D eigenvalue weighted by atomic mass is 10.1. The molecule has 1 aliphatic carbocycles. The van der Waals surface area contributed by atoms with E-state index in [0.717, 1.165) is 19.3 Å². The van der Waals surface area contributed by atoms with Crippen LogP contribution < -0.4 is 4.72 Å². The zero-order valence-electron chi connectivity index (χ0n) is 9.70. The fraction of sp³-hybridized carbons (Fsp3) is 0.700. The number of rotatable bonds is 4. The van der Waals surface area contributed by atoms with E-state index >= 15 is 0 Å². The molecule has 1 saturated carbocycles. The van der Waals surface area contributed by atoms with Crippen LogP contribution in [0, 0.1) is 5.92 Å². The van der Waals surface area contributed by atoms with E-state index in [1.165, 1.54) is 16.9 Å². The first-order valence-corrected chi connectivity index (χ1v) is 7.15. The Morgan fingerprint density at radius 3 is 2.88 bits per heavy atom. The average molecular weight is 259 g/mol. The quantitative estimate of drug-likeness (QED) is 0.788. The van der Waals surface area contributed by atoms with E-state index < -0.39 is 10.0 Å². The first-order valence-electron chi connectivity index (χ1n) is 5.66. The molecule has 0 aliphatic heterocycles. The van der Waals surface area contributed by atoms with Crippen molar-refractivity contribution in [3.8, 4) is 0 Å². The fourth-order valence-corrected chi connectivity index (χ4v) is 3.39. The Balaban J connectivity index is 2.01. The highest BCUT2D eigenvalue weighted by molar-refractivity contribution is 7.89. The highest BCUT2D eigenvalue weighted by Gasteiger charge is 2.27. The molecule has 1 aromatic rings. The SMILES string of the molecule is Cn1nccc1S(=O)(=O)NCC1CCCC1O. The summed E-state index contributed by atoms with van der Waals surface area (Å²) in [5.74, 6) is 0.0259. The zero-order chi connectivity index (χ0) is 12.5. The summed E-state index contributed by atoms with van der Waals surface area (Å²) in [4.78, 5) is 0. The Bertz CT molecular complexity index is 483. The van der Waals surface area contributed by atoms with Gasteiger partial charge in [-0.2, -0.15) is 5.10 Å². The maximum absolute atomic E-state index is 11.9. The molecule has 1 aromatic heterocycles. The minimum absolute atomic E-state index is 0.0259. The van der Waals surface area contributed by atoms with Gasteiger partial charge in [0.15, 0.2) is 5.03 Å². The minimum Gasteiger partial charge on any atom is -0.393 e. The van der Waals surface area contributed by atoms with Gasteiger partial charge in [-0.1, -0.05) is 6.42 Å². The van der Waals surface area contributed by atoms with E-state index in [0.29, 0.717) is 0 Å². The van der Waals surface area contributed by atoms with Crippen molar-refractivity contribution < 1.29 is 13.5 Å². The summed E-state index contributed by atoms with van der Waals surface area (Å²) in [5, 5.41) is 13.6. The van der Waals surface area contributed by atoms with Crippen molar-refractivity contribution in [3.05, 3.63) is 12.3 Å². The second-order valence-electron chi connectivity index (χ2n) is 4.40. The van der Waals surface area contributed by atoms with Gasteiger partial charge in [0.05, 0.1) is 12.3 Å². The van der Waals surface area contributed by atoms with E-state index in [-0.39, 0.29) is 23.6 Å². The van der Waals surface area contributed by atoms with E-state index in [9.17, 15) is 13.5 Å². The summed E-state index contributed by atoms with van der Waals surface area (Å²) in [5.41, 5.74) is 0. The van der Waals surface area contributed by atoms with Crippen LogP contribution in [-0.4, -0.2) is 36.0 Å². The van der Waals surface area contributed by atoms with E-state index in [4.69, 9.17) is 0 Å². The van der Waals surface area contributed by atoms with Crippen LogP contribution in [-0.2, 0) is 17.1 Å². The summed E-state index contributed by atoms with van der Waals surface area (Å²) in [7, 11) is -1.94. The third kappa shape index (κ3) is 2.67. The van der Waals surface area contributed by atoms with E-state index in [2.05, 4.69) is 9.82 Å². The molecule has 17 heavy (non-hydrogen) atoms. The van der Waals surface area contributed by atoms with Gasteiger partial charge < -0.3 is 5.11 Å². The van der Waals surface area contributed by atoms with Crippen molar-refractivity contribution in [1.29, 1.82) is 0 Å². The molecule has 6 nitrogen and oxygen atoms in total. The lowest BCUT2D eigenvalue weighted by Gasteiger charge is -2.15. The molecular weight excluding hydrogens is 242 g/mol. The van der Waals surface area contributed by atoms with Crippen LogP contribution in [0.15, 0.2) is 17.3 Å². The number of hydrogen-bond donors (Lipinski definition) is 2. The Labute approximate surface area is 101 Å². The maximum atomic E-state index is 11.9. The summed E-state index contributed by atoms with van der Waals surface area (Å²) in [6, 6.07) is 1.45. The summed E-state index contributed by atoms with van der Waals surface area (Å²) in [6.45, 7) is 0.286. The molecule has 0 bridgehead atoms. The van der Waals surface area contributed by atoms with Crippen LogP contribution in [0.3, 0.4) is 0 Å². The van der Waals surface area contributed by atoms with Crippen molar-refractivity contribution in [1.82, 2.24) is 14.5 Å². The van der Waals surface area contributed by atoms with E-state index in [1.807, 2.05) is 0 Å². The highest BCUT2D eigenvalue weighted by atomic mass is 32.2. The second-order valence-corrected chi connectivity index (χ2v) is 6.12. The molecule has 0 saturated heterocycles. The Kier molecular flexibility index (Phi) is 3.50. The molecule has 2 atom stereocenters. The molecule has 0 amide bonds. The smallest absolute Gasteiger partial charge is 0.257 e. The zero-order valence-corrected chi connectivity index (χ0v) is 10.5. The third-order valence-electron chi connectivity index (χ3n) is 3.21. The third-order valence-corrected chi connectivity index (χ3v) is 4.70. The number of aliphatic hydroxyl groups excluding tert-OH is 1. The molecule has 1 heterocycles. The predicted octanol–water partition coefficient (Wildman–Crippen LogP) is -0.141. The first-order chi connectivity index (χ1) is 8.00. The van der Waals surface area contributed by atoms with E-state index in [1.54, 1.807) is 7.05 Å². The Morgan fingerprint density at radius 1 is 1.59 bits per heavy atom. The van der Waals surface area contributed by atoms with Crippen LogP contribution >= 0.6 is 0 Å². The lowest BCUT2D eigenvalue weighted by molar-refractivity contribution is 0.134. The van der Waals surface area contributed by atoms with Gasteiger partial charge in [-0.25, -0.2) is 13.1 Å². The molecule has 2 N–H and O–H groups in total. The molecule has 96 valence electrons. The normalized spacial score (nSPS) is 25.3. The minimum atomic E-state index is -3.52. The van der Waals surface area contributed by atoms with Gasteiger partial charge in [0, 0.05) is 13.6 Å². The summed E-state index contributed by atoms with van der Waals surface area (Å²) in [6.07, 6.45) is 3.65. The molecule has 0 aromatic carbocycles. The number of nitrogens with zero attached hydrogens (tertiary/aromatic N) is 2. The number of sulfonamides is 1. The monoisotopic (exact) mass is 259 g/mol. The predicted molar refractivity (Wildman–Crippen MR) is 61.7 cm³/mol. The largest absolute Gasteiger partial charge is 0.393 e. The number of nitrogens with one attached hydrogen (secondary N) is 1. The number of aryl methyl sites for hydroxylation is 1. The fourth-order valence-electron chi connectivity index (χ4n) is 2.17. The number of hydrogen-bond acceptors (Lipinski definition) is 4. The van der Waals surface area contributed by atoms with Gasteiger partial charge in [-0.15, -0.1) is 0 Å². The van der Waals surface area contributed by atoms with Crippen molar-refractivity contribution in [3.63, 3.8) is 0 Å². The van der Waals surface area contributed by atoms with Crippen molar-refractivity contribution in [2.24, 2.45) is 13.0 Å². The number of aromatic nitrogens is 2.